The van der Waals surface area contributed by atoms with Gasteiger partial charge in [0.2, 0.25) is 0 Å². The van der Waals surface area contributed by atoms with Crippen LogP contribution in [0, 0.1) is 0 Å². The van der Waals surface area contributed by atoms with Crippen molar-refractivity contribution in [1.29, 1.82) is 0 Å². The normalized spacial score (nSPS) is 10.7. The highest BCUT2D eigenvalue weighted by molar-refractivity contribution is 6.30. The van der Waals surface area contributed by atoms with E-state index in [-0.39, 0.29) is 6.03 Å². The van der Waals surface area contributed by atoms with Crippen LogP contribution in [0.5, 0.6) is 0 Å². The van der Waals surface area contributed by atoms with Gasteiger partial charge in [-0.2, -0.15) is 0 Å². The zero-order chi connectivity index (χ0) is 16.8. The molecule has 3 aromatic rings. The second-order valence-corrected chi connectivity index (χ2v) is 6.10. The summed E-state index contributed by atoms with van der Waals surface area (Å²) in [5.41, 5.74) is 2.21. The molecular formula is C19H20ClN3O. The highest BCUT2D eigenvalue weighted by atomic mass is 35.5. The Hall–Kier alpha value is -2.46. The number of carbonyl (C=O) groups is 1. The molecule has 5 heteroatoms. The predicted molar refractivity (Wildman–Crippen MR) is 98.2 cm³/mol. The van der Waals surface area contributed by atoms with E-state index in [0.29, 0.717) is 18.1 Å². The highest BCUT2D eigenvalue weighted by Crippen LogP contribution is 2.15. The van der Waals surface area contributed by atoms with Crippen molar-refractivity contribution in [3.8, 4) is 0 Å². The lowest BCUT2D eigenvalue weighted by atomic mass is 10.2. The van der Waals surface area contributed by atoms with Gasteiger partial charge in [-0.3, -0.25) is 0 Å². The van der Waals surface area contributed by atoms with Crippen LogP contribution < -0.4 is 10.6 Å². The summed E-state index contributed by atoms with van der Waals surface area (Å²) in [6, 6.07) is 17.7. The van der Waals surface area contributed by atoms with Crippen molar-refractivity contribution in [1.82, 2.24) is 15.2 Å². The molecule has 24 heavy (non-hydrogen) atoms. The molecule has 0 unspecified atom stereocenters. The number of aromatic nitrogens is 1. The molecule has 1 heterocycles. The Kier molecular flexibility index (Phi) is 5.39. The molecule has 0 fully saturated rings. The number of aryl methyl sites for hydroxylation is 1. The molecule has 0 aliphatic rings. The van der Waals surface area contributed by atoms with Gasteiger partial charge in [-0.1, -0.05) is 41.9 Å². The van der Waals surface area contributed by atoms with E-state index in [1.165, 1.54) is 10.9 Å². The Labute approximate surface area is 146 Å². The van der Waals surface area contributed by atoms with Gasteiger partial charge in [-0.25, -0.2) is 4.79 Å². The molecule has 124 valence electrons. The second-order valence-electron chi connectivity index (χ2n) is 5.66. The van der Waals surface area contributed by atoms with Crippen molar-refractivity contribution in [2.75, 3.05) is 6.54 Å². The van der Waals surface area contributed by atoms with Gasteiger partial charge in [0.25, 0.3) is 0 Å². The van der Waals surface area contributed by atoms with Crippen LogP contribution in [0.2, 0.25) is 5.02 Å². The molecule has 0 bridgehead atoms. The number of nitrogens with zero attached hydrogens (tertiary/aromatic N) is 1. The Bertz CT molecular complexity index is 828. The average molecular weight is 342 g/mol. The fourth-order valence-electron chi connectivity index (χ4n) is 2.68. The first-order chi connectivity index (χ1) is 11.7. The van der Waals surface area contributed by atoms with Crippen LogP contribution in [0.3, 0.4) is 0 Å². The van der Waals surface area contributed by atoms with Gasteiger partial charge in [0.1, 0.15) is 0 Å². The van der Waals surface area contributed by atoms with Gasteiger partial charge in [-0.05, 0) is 41.6 Å². The summed E-state index contributed by atoms with van der Waals surface area (Å²) in [6.07, 6.45) is 2.97. The number of nitrogens with one attached hydrogen (secondary N) is 2. The van der Waals surface area contributed by atoms with Crippen LogP contribution in [-0.2, 0) is 13.1 Å². The lowest BCUT2D eigenvalue weighted by Crippen LogP contribution is -2.35. The summed E-state index contributed by atoms with van der Waals surface area (Å²) in [4.78, 5) is 11.8. The number of amides is 2. The Balaban J connectivity index is 1.39. The lowest BCUT2D eigenvalue weighted by molar-refractivity contribution is 0.240. The molecule has 2 amide bonds. The van der Waals surface area contributed by atoms with Crippen LogP contribution in [-0.4, -0.2) is 17.1 Å². The summed E-state index contributed by atoms with van der Waals surface area (Å²) < 4.78 is 2.21. The number of rotatable bonds is 6. The van der Waals surface area contributed by atoms with Crippen molar-refractivity contribution < 1.29 is 4.79 Å². The minimum absolute atomic E-state index is 0.160. The van der Waals surface area contributed by atoms with Gasteiger partial charge >= 0.3 is 6.03 Å². The van der Waals surface area contributed by atoms with E-state index in [4.69, 9.17) is 11.6 Å². The number of hydrogen-bond acceptors (Lipinski definition) is 1. The largest absolute Gasteiger partial charge is 0.347 e. The van der Waals surface area contributed by atoms with Crippen LogP contribution in [0.1, 0.15) is 12.0 Å². The molecule has 0 spiro atoms. The lowest BCUT2D eigenvalue weighted by Gasteiger charge is -2.09. The van der Waals surface area contributed by atoms with Crippen molar-refractivity contribution in [3.63, 3.8) is 0 Å². The van der Waals surface area contributed by atoms with E-state index in [0.717, 1.165) is 18.5 Å². The van der Waals surface area contributed by atoms with Crippen LogP contribution in [0.25, 0.3) is 10.9 Å². The van der Waals surface area contributed by atoms with Crippen molar-refractivity contribution in [3.05, 3.63) is 71.4 Å². The second kappa shape index (κ2) is 7.88. The summed E-state index contributed by atoms with van der Waals surface area (Å²) in [5, 5.41) is 7.63. The molecule has 0 saturated heterocycles. The monoisotopic (exact) mass is 341 g/mol. The topological polar surface area (TPSA) is 46.1 Å². The molecule has 0 aliphatic heterocycles. The molecule has 3 rings (SSSR count). The first-order valence-corrected chi connectivity index (χ1v) is 8.40. The van der Waals surface area contributed by atoms with Crippen LogP contribution >= 0.6 is 11.6 Å². The maximum Gasteiger partial charge on any atom is 0.315 e. The van der Waals surface area contributed by atoms with Gasteiger partial charge in [0, 0.05) is 36.4 Å². The third kappa shape index (κ3) is 4.30. The zero-order valence-electron chi connectivity index (χ0n) is 13.3. The van der Waals surface area contributed by atoms with Crippen molar-refractivity contribution in [2.24, 2.45) is 0 Å². The van der Waals surface area contributed by atoms with Crippen LogP contribution in [0.4, 0.5) is 4.79 Å². The Morgan fingerprint density at radius 3 is 2.79 bits per heavy atom. The molecule has 2 aromatic carbocycles. The highest BCUT2D eigenvalue weighted by Gasteiger charge is 2.02. The molecule has 0 saturated carbocycles. The fourth-order valence-corrected chi connectivity index (χ4v) is 2.89. The van der Waals surface area contributed by atoms with E-state index in [2.05, 4.69) is 39.6 Å². The Morgan fingerprint density at radius 1 is 1.04 bits per heavy atom. The van der Waals surface area contributed by atoms with Crippen molar-refractivity contribution in [2.45, 2.75) is 19.5 Å². The summed E-state index contributed by atoms with van der Waals surface area (Å²) in [7, 11) is 0. The first kappa shape index (κ1) is 16.4. The number of benzene rings is 2. The smallest absolute Gasteiger partial charge is 0.315 e. The van der Waals surface area contributed by atoms with Gasteiger partial charge < -0.3 is 15.2 Å². The quantitative estimate of drug-likeness (QED) is 0.649. The molecule has 0 aliphatic carbocycles. The van der Waals surface area contributed by atoms with E-state index < -0.39 is 0 Å². The molecule has 1 aromatic heterocycles. The third-order valence-corrected chi connectivity index (χ3v) is 4.12. The summed E-state index contributed by atoms with van der Waals surface area (Å²) in [5.74, 6) is 0. The molecule has 0 atom stereocenters. The van der Waals surface area contributed by atoms with E-state index in [1.54, 1.807) is 0 Å². The van der Waals surface area contributed by atoms with Gasteiger partial charge in [0.05, 0.1) is 0 Å². The van der Waals surface area contributed by atoms with Gasteiger partial charge in [0.15, 0.2) is 0 Å². The maximum atomic E-state index is 11.8. The summed E-state index contributed by atoms with van der Waals surface area (Å²) in [6.45, 7) is 1.98. The average Bonchev–Trinajstić information content (AvgIpc) is 3.00. The van der Waals surface area contributed by atoms with E-state index >= 15 is 0 Å². The zero-order valence-corrected chi connectivity index (χ0v) is 14.1. The van der Waals surface area contributed by atoms with E-state index in [9.17, 15) is 4.79 Å². The maximum absolute atomic E-state index is 11.8. The fraction of sp³-hybridized carbons (Fsp3) is 0.211. The number of hydrogen-bond donors (Lipinski definition) is 2. The standard InChI is InChI=1S/C19H20ClN3O/c20-17-7-3-5-15(13-17)14-22-19(24)21-10-4-11-23-12-9-16-6-1-2-8-18(16)23/h1-3,5-9,12-13H,4,10-11,14H2,(H2,21,22,24). The molecule has 0 radical (unpaired) electrons. The molecule has 4 nitrogen and oxygen atoms in total. The number of urea groups is 1. The molecule has 2 N–H and O–H groups in total. The van der Waals surface area contributed by atoms with Gasteiger partial charge in [-0.15, -0.1) is 0 Å². The predicted octanol–water partition coefficient (Wildman–Crippen LogP) is 4.18. The third-order valence-electron chi connectivity index (χ3n) is 3.88. The number of carbonyl (C=O) groups excluding carboxylic acids is 1. The van der Waals surface area contributed by atoms with E-state index in [1.807, 2.05) is 36.4 Å². The number of halogens is 1. The SMILES string of the molecule is O=C(NCCCn1ccc2ccccc21)NCc1cccc(Cl)c1. The Morgan fingerprint density at radius 2 is 1.92 bits per heavy atom. The van der Waals surface area contributed by atoms with Crippen LogP contribution in [0.15, 0.2) is 60.8 Å². The molecular weight excluding hydrogens is 322 g/mol. The minimum atomic E-state index is -0.160. The van der Waals surface area contributed by atoms with Crippen molar-refractivity contribution >= 4 is 28.5 Å². The minimum Gasteiger partial charge on any atom is -0.347 e. The number of fused-ring (bicyclic) bond motifs is 1. The summed E-state index contributed by atoms with van der Waals surface area (Å²) >= 11 is 5.92. The first-order valence-electron chi connectivity index (χ1n) is 8.02. The number of para-hydroxylation sites is 1.